The number of carbonyl (C=O) groups excluding carboxylic acids is 1. The maximum Gasteiger partial charge on any atom is 0.410 e. The normalized spacial score (nSPS) is 12.8. The molecular formula is C17H27BrN2O2. The highest BCUT2D eigenvalue weighted by Crippen LogP contribution is 2.16. The standard InChI is InChI=1S/C17H27BrN2O2/c1-13(14-7-9-15(18)10-8-14)19-11-6-12-20(5)16(21)22-17(2,3)4/h7-10,13,19H,6,11-12H2,1-5H3. The van der Waals surface area contributed by atoms with Gasteiger partial charge in [-0.2, -0.15) is 0 Å². The maximum atomic E-state index is 11.8. The lowest BCUT2D eigenvalue weighted by atomic mass is 10.1. The van der Waals surface area contributed by atoms with Gasteiger partial charge in [0.25, 0.3) is 0 Å². The molecule has 0 aliphatic carbocycles. The molecule has 0 aromatic heterocycles. The van der Waals surface area contributed by atoms with Gasteiger partial charge in [0.15, 0.2) is 0 Å². The predicted molar refractivity (Wildman–Crippen MR) is 94.0 cm³/mol. The second-order valence-electron chi connectivity index (χ2n) is 6.48. The largest absolute Gasteiger partial charge is 0.444 e. The molecule has 0 radical (unpaired) electrons. The van der Waals surface area contributed by atoms with E-state index in [0.717, 1.165) is 17.4 Å². The number of rotatable bonds is 6. The van der Waals surface area contributed by atoms with Gasteiger partial charge in [-0.25, -0.2) is 4.79 Å². The summed E-state index contributed by atoms with van der Waals surface area (Å²) in [7, 11) is 1.77. The maximum absolute atomic E-state index is 11.8. The van der Waals surface area contributed by atoms with Crippen molar-refractivity contribution in [2.24, 2.45) is 0 Å². The van der Waals surface area contributed by atoms with E-state index < -0.39 is 5.60 Å². The van der Waals surface area contributed by atoms with Crippen LogP contribution in [0.4, 0.5) is 4.79 Å². The molecule has 22 heavy (non-hydrogen) atoms. The number of nitrogens with zero attached hydrogens (tertiary/aromatic N) is 1. The lowest BCUT2D eigenvalue weighted by molar-refractivity contribution is 0.0297. The molecule has 0 spiro atoms. The molecule has 4 nitrogen and oxygen atoms in total. The second-order valence-corrected chi connectivity index (χ2v) is 7.40. The summed E-state index contributed by atoms with van der Waals surface area (Å²) in [5, 5.41) is 3.47. The summed E-state index contributed by atoms with van der Waals surface area (Å²) < 4.78 is 6.41. The molecule has 124 valence electrons. The van der Waals surface area contributed by atoms with Crippen LogP contribution in [0.5, 0.6) is 0 Å². The summed E-state index contributed by atoms with van der Waals surface area (Å²) in [6.45, 7) is 9.29. The summed E-state index contributed by atoms with van der Waals surface area (Å²) in [5.74, 6) is 0. The van der Waals surface area contributed by atoms with Gasteiger partial charge in [-0.3, -0.25) is 0 Å². The van der Waals surface area contributed by atoms with Gasteiger partial charge in [0.05, 0.1) is 0 Å². The molecule has 1 atom stereocenters. The fourth-order valence-electron chi connectivity index (χ4n) is 1.94. The van der Waals surface area contributed by atoms with Crippen molar-refractivity contribution in [3.8, 4) is 0 Å². The van der Waals surface area contributed by atoms with Crippen LogP contribution in [-0.2, 0) is 4.74 Å². The van der Waals surface area contributed by atoms with Crippen LogP contribution < -0.4 is 5.32 Å². The number of amides is 1. The molecule has 0 fully saturated rings. The molecule has 1 N–H and O–H groups in total. The Bertz CT molecular complexity index is 469. The van der Waals surface area contributed by atoms with E-state index in [0.29, 0.717) is 12.6 Å². The van der Waals surface area contributed by atoms with Crippen LogP contribution in [0, 0.1) is 0 Å². The van der Waals surface area contributed by atoms with Crippen LogP contribution >= 0.6 is 15.9 Å². The van der Waals surface area contributed by atoms with E-state index in [9.17, 15) is 4.79 Å². The zero-order valence-electron chi connectivity index (χ0n) is 14.1. The first-order chi connectivity index (χ1) is 10.2. The summed E-state index contributed by atoms with van der Waals surface area (Å²) in [5.41, 5.74) is 0.809. The fraction of sp³-hybridized carbons (Fsp3) is 0.588. The lowest BCUT2D eigenvalue weighted by Crippen LogP contribution is -2.35. The number of benzene rings is 1. The Kier molecular flexibility index (Phi) is 7.36. The summed E-state index contributed by atoms with van der Waals surface area (Å²) in [4.78, 5) is 13.4. The van der Waals surface area contributed by atoms with Crippen LogP contribution in [0.3, 0.4) is 0 Å². The van der Waals surface area contributed by atoms with Gasteiger partial charge < -0.3 is 15.0 Å². The van der Waals surface area contributed by atoms with Gasteiger partial charge in [0.1, 0.15) is 5.60 Å². The summed E-state index contributed by atoms with van der Waals surface area (Å²) >= 11 is 3.44. The highest BCUT2D eigenvalue weighted by molar-refractivity contribution is 9.10. The van der Waals surface area contributed by atoms with Crippen molar-refractivity contribution >= 4 is 22.0 Å². The third kappa shape index (κ3) is 7.27. The van der Waals surface area contributed by atoms with Crippen molar-refractivity contribution in [1.82, 2.24) is 10.2 Å². The molecule has 1 aromatic rings. The van der Waals surface area contributed by atoms with Crippen LogP contribution in [0.2, 0.25) is 0 Å². The average molecular weight is 371 g/mol. The molecule has 0 bridgehead atoms. The van der Waals surface area contributed by atoms with E-state index in [1.807, 2.05) is 32.9 Å². The van der Waals surface area contributed by atoms with Crippen LogP contribution in [0.1, 0.15) is 45.7 Å². The van der Waals surface area contributed by atoms with Gasteiger partial charge in [-0.15, -0.1) is 0 Å². The van der Waals surface area contributed by atoms with Crippen molar-refractivity contribution in [3.05, 3.63) is 34.3 Å². The zero-order valence-corrected chi connectivity index (χ0v) is 15.7. The fourth-order valence-corrected chi connectivity index (χ4v) is 2.20. The molecule has 0 aliphatic heterocycles. The third-order valence-electron chi connectivity index (χ3n) is 3.20. The smallest absolute Gasteiger partial charge is 0.410 e. The van der Waals surface area contributed by atoms with Crippen LogP contribution in [0.25, 0.3) is 0 Å². The van der Waals surface area contributed by atoms with Gasteiger partial charge in [-0.05, 0) is 58.4 Å². The van der Waals surface area contributed by atoms with Gasteiger partial charge in [0, 0.05) is 24.1 Å². The lowest BCUT2D eigenvalue weighted by Gasteiger charge is -2.24. The number of ether oxygens (including phenoxy) is 1. The minimum atomic E-state index is -0.445. The van der Waals surface area contributed by atoms with Crippen LogP contribution in [0.15, 0.2) is 28.7 Å². The first-order valence-corrected chi connectivity index (χ1v) is 8.41. The van der Waals surface area contributed by atoms with E-state index in [1.54, 1.807) is 11.9 Å². The molecule has 0 saturated heterocycles. The highest BCUT2D eigenvalue weighted by atomic mass is 79.9. The van der Waals surface area contributed by atoms with Gasteiger partial charge in [-0.1, -0.05) is 28.1 Å². The average Bonchev–Trinajstić information content (AvgIpc) is 2.42. The molecule has 1 rings (SSSR count). The van der Waals surface area contributed by atoms with Crippen molar-refractivity contribution < 1.29 is 9.53 Å². The zero-order chi connectivity index (χ0) is 16.8. The Morgan fingerprint density at radius 3 is 2.45 bits per heavy atom. The van der Waals surface area contributed by atoms with E-state index >= 15 is 0 Å². The number of carbonyl (C=O) groups is 1. The minimum Gasteiger partial charge on any atom is -0.444 e. The van der Waals surface area contributed by atoms with E-state index in [2.05, 4.69) is 40.3 Å². The quantitative estimate of drug-likeness (QED) is 0.756. The Morgan fingerprint density at radius 2 is 1.91 bits per heavy atom. The monoisotopic (exact) mass is 370 g/mol. The van der Waals surface area contributed by atoms with Gasteiger partial charge >= 0.3 is 6.09 Å². The molecule has 1 aromatic carbocycles. The van der Waals surface area contributed by atoms with Crippen molar-refractivity contribution in [2.45, 2.75) is 45.8 Å². The third-order valence-corrected chi connectivity index (χ3v) is 3.72. The van der Waals surface area contributed by atoms with E-state index in [-0.39, 0.29) is 6.09 Å². The summed E-state index contributed by atoms with van der Waals surface area (Å²) in [6, 6.07) is 8.59. The van der Waals surface area contributed by atoms with E-state index in [1.165, 1.54) is 5.56 Å². The number of halogens is 1. The van der Waals surface area contributed by atoms with Crippen molar-refractivity contribution in [1.29, 1.82) is 0 Å². The topological polar surface area (TPSA) is 41.6 Å². The van der Waals surface area contributed by atoms with Crippen molar-refractivity contribution in [2.75, 3.05) is 20.1 Å². The van der Waals surface area contributed by atoms with E-state index in [4.69, 9.17) is 4.74 Å². The Morgan fingerprint density at radius 1 is 1.32 bits per heavy atom. The molecule has 0 heterocycles. The first kappa shape index (κ1) is 19.0. The number of hydrogen-bond donors (Lipinski definition) is 1. The number of hydrogen-bond acceptors (Lipinski definition) is 3. The predicted octanol–water partition coefficient (Wildman–Crippen LogP) is 4.36. The van der Waals surface area contributed by atoms with Crippen LogP contribution in [-0.4, -0.2) is 36.7 Å². The second kappa shape index (κ2) is 8.53. The van der Waals surface area contributed by atoms with Crippen molar-refractivity contribution in [3.63, 3.8) is 0 Å². The number of nitrogens with one attached hydrogen (secondary N) is 1. The Balaban J connectivity index is 2.27. The van der Waals surface area contributed by atoms with Gasteiger partial charge in [0.2, 0.25) is 0 Å². The molecule has 5 heteroatoms. The molecule has 0 saturated carbocycles. The SMILES string of the molecule is CC(NCCCN(C)C(=O)OC(C)(C)C)c1ccc(Br)cc1. The molecular weight excluding hydrogens is 344 g/mol. The Labute approximate surface area is 142 Å². The minimum absolute atomic E-state index is 0.270. The summed E-state index contributed by atoms with van der Waals surface area (Å²) in [6.07, 6.45) is 0.616. The molecule has 1 unspecified atom stereocenters. The molecule has 1 amide bonds. The Hall–Kier alpha value is -1.07. The first-order valence-electron chi connectivity index (χ1n) is 7.62. The highest BCUT2D eigenvalue weighted by Gasteiger charge is 2.19. The molecule has 0 aliphatic rings.